The molecule has 0 radical (unpaired) electrons. The van der Waals surface area contributed by atoms with Crippen LogP contribution in [-0.4, -0.2) is 10.7 Å². The molecule has 1 nitrogen and oxygen atoms in total. The Hall–Kier alpha value is -0.820. The van der Waals surface area contributed by atoms with Crippen molar-refractivity contribution in [2.75, 3.05) is 0 Å². The molecule has 1 fully saturated rings. The van der Waals surface area contributed by atoms with E-state index in [0.717, 1.165) is 25.2 Å². The van der Waals surface area contributed by atoms with Gasteiger partial charge in [-0.15, -0.1) is 0 Å². The van der Waals surface area contributed by atoms with Gasteiger partial charge in [-0.1, -0.05) is 43.7 Å². The van der Waals surface area contributed by atoms with Gasteiger partial charge in [-0.25, -0.2) is 0 Å². The molecule has 0 aromatic heterocycles. The lowest BCUT2D eigenvalue weighted by Gasteiger charge is -2.46. The van der Waals surface area contributed by atoms with Crippen LogP contribution in [0.2, 0.25) is 0 Å². The zero-order valence-electron chi connectivity index (χ0n) is 10.5. The molecule has 0 aliphatic heterocycles. The van der Waals surface area contributed by atoms with E-state index >= 15 is 0 Å². The predicted octanol–water partition coefficient (Wildman–Crippen LogP) is 3.33. The van der Waals surface area contributed by atoms with Crippen LogP contribution in [0, 0.1) is 18.8 Å². The second kappa shape index (κ2) is 4.21. The van der Waals surface area contributed by atoms with Crippen molar-refractivity contribution in [1.82, 2.24) is 0 Å². The van der Waals surface area contributed by atoms with Gasteiger partial charge in [-0.05, 0) is 37.2 Å². The van der Waals surface area contributed by atoms with Gasteiger partial charge in [0.25, 0.3) is 0 Å². The molecule has 0 atom stereocenters. The van der Waals surface area contributed by atoms with Crippen LogP contribution in [0.3, 0.4) is 0 Å². The molecule has 1 aromatic carbocycles. The van der Waals surface area contributed by atoms with Crippen LogP contribution in [0.1, 0.15) is 37.8 Å². The van der Waals surface area contributed by atoms with Gasteiger partial charge >= 0.3 is 0 Å². The van der Waals surface area contributed by atoms with Gasteiger partial charge in [0, 0.05) is 6.42 Å². The molecule has 0 amide bonds. The van der Waals surface area contributed by atoms with Crippen molar-refractivity contribution in [3.8, 4) is 0 Å². The zero-order valence-corrected chi connectivity index (χ0v) is 10.5. The maximum atomic E-state index is 10.4. The van der Waals surface area contributed by atoms with Gasteiger partial charge in [0.1, 0.15) is 0 Å². The first-order chi connectivity index (χ1) is 7.48. The molecule has 1 aromatic rings. The Balaban J connectivity index is 1.94. The third-order valence-electron chi connectivity index (χ3n) is 3.88. The molecule has 2 rings (SSSR count). The Kier molecular flexibility index (Phi) is 3.07. The summed E-state index contributed by atoms with van der Waals surface area (Å²) in [6.45, 7) is 6.59. The normalized spacial score (nSPS) is 29.2. The quantitative estimate of drug-likeness (QED) is 0.825. The Labute approximate surface area is 98.5 Å². The smallest absolute Gasteiger partial charge is 0.0693 e. The monoisotopic (exact) mass is 218 g/mol. The summed E-state index contributed by atoms with van der Waals surface area (Å²) in [6.07, 6.45) is 2.76. The van der Waals surface area contributed by atoms with Crippen LogP contribution in [-0.2, 0) is 6.42 Å². The van der Waals surface area contributed by atoms with Crippen LogP contribution in [0.4, 0.5) is 0 Å². The number of hydrogen-bond acceptors (Lipinski definition) is 1. The van der Waals surface area contributed by atoms with Gasteiger partial charge < -0.3 is 5.11 Å². The molecule has 88 valence electrons. The van der Waals surface area contributed by atoms with Crippen molar-refractivity contribution in [2.45, 2.75) is 45.6 Å². The SMILES string of the molecule is Cc1ccc(CC2(O)CC(C(C)C)C2)cc1. The minimum atomic E-state index is -0.426. The van der Waals surface area contributed by atoms with Crippen molar-refractivity contribution in [3.63, 3.8) is 0 Å². The molecule has 1 N–H and O–H groups in total. The van der Waals surface area contributed by atoms with Crippen molar-refractivity contribution < 1.29 is 5.11 Å². The lowest BCUT2D eigenvalue weighted by molar-refractivity contribution is -0.0860. The minimum Gasteiger partial charge on any atom is -0.390 e. The average molecular weight is 218 g/mol. The molecule has 0 heterocycles. The maximum Gasteiger partial charge on any atom is 0.0693 e. The highest BCUT2D eigenvalue weighted by molar-refractivity contribution is 5.23. The molecule has 1 heteroatoms. The molecular formula is C15H22O. The van der Waals surface area contributed by atoms with Crippen LogP contribution < -0.4 is 0 Å². The molecule has 0 unspecified atom stereocenters. The summed E-state index contributed by atoms with van der Waals surface area (Å²) in [6, 6.07) is 8.51. The van der Waals surface area contributed by atoms with Crippen LogP contribution in [0.25, 0.3) is 0 Å². The fourth-order valence-corrected chi connectivity index (χ4v) is 2.62. The first kappa shape index (κ1) is 11.7. The third kappa shape index (κ3) is 2.46. The Morgan fingerprint density at radius 3 is 2.31 bits per heavy atom. The fraction of sp³-hybridized carbons (Fsp3) is 0.600. The van der Waals surface area contributed by atoms with Gasteiger partial charge in [0.05, 0.1) is 5.60 Å². The van der Waals surface area contributed by atoms with Crippen LogP contribution in [0.15, 0.2) is 24.3 Å². The van der Waals surface area contributed by atoms with E-state index in [0.29, 0.717) is 5.92 Å². The van der Waals surface area contributed by atoms with Crippen molar-refractivity contribution in [1.29, 1.82) is 0 Å². The number of aryl methyl sites for hydroxylation is 1. The molecule has 1 aliphatic rings. The zero-order chi connectivity index (χ0) is 11.8. The number of benzene rings is 1. The Morgan fingerprint density at radius 2 is 1.81 bits per heavy atom. The van der Waals surface area contributed by atoms with Gasteiger partial charge in [0.15, 0.2) is 0 Å². The molecule has 0 bridgehead atoms. The van der Waals surface area contributed by atoms with E-state index in [-0.39, 0.29) is 0 Å². The van der Waals surface area contributed by atoms with Crippen molar-refractivity contribution in [3.05, 3.63) is 35.4 Å². The van der Waals surface area contributed by atoms with Crippen molar-refractivity contribution >= 4 is 0 Å². The first-order valence-electron chi connectivity index (χ1n) is 6.26. The molecule has 1 aliphatic carbocycles. The predicted molar refractivity (Wildman–Crippen MR) is 67.4 cm³/mol. The van der Waals surface area contributed by atoms with Gasteiger partial charge in [-0.3, -0.25) is 0 Å². The van der Waals surface area contributed by atoms with E-state index in [4.69, 9.17) is 0 Å². The van der Waals surface area contributed by atoms with E-state index in [1.54, 1.807) is 0 Å². The lowest BCUT2D eigenvalue weighted by Crippen LogP contribution is -2.47. The van der Waals surface area contributed by atoms with E-state index in [2.05, 4.69) is 45.0 Å². The summed E-state index contributed by atoms with van der Waals surface area (Å²) in [5.41, 5.74) is 2.12. The summed E-state index contributed by atoms with van der Waals surface area (Å²) in [5, 5.41) is 10.4. The summed E-state index contributed by atoms with van der Waals surface area (Å²) >= 11 is 0. The van der Waals surface area contributed by atoms with Gasteiger partial charge in [0.2, 0.25) is 0 Å². The second-order valence-electron chi connectivity index (χ2n) is 5.80. The summed E-state index contributed by atoms with van der Waals surface area (Å²) < 4.78 is 0. The summed E-state index contributed by atoms with van der Waals surface area (Å²) in [4.78, 5) is 0. The standard InChI is InChI=1S/C15H22O/c1-11(2)14-9-15(16,10-14)8-13-6-4-12(3)5-7-13/h4-7,11,14,16H,8-10H2,1-3H3. The second-order valence-corrected chi connectivity index (χ2v) is 5.80. The highest BCUT2D eigenvalue weighted by Crippen LogP contribution is 2.43. The van der Waals surface area contributed by atoms with E-state index in [9.17, 15) is 5.11 Å². The van der Waals surface area contributed by atoms with Crippen molar-refractivity contribution in [2.24, 2.45) is 11.8 Å². The largest absolute Gasteiger partial charge is 0.390 e. The molecule has 0 spiro atoms. The molecular weight excluding hydrogens is 196 g/mol. The average Bonchev–Trinajstić information content (AvgIpc) is 2.17. The number of rotatable bonds is 3. The van der Waals surface area contributed by atoms with E-state index in [1.165, 1.54) is 11.1 Å². The summed E-state index contributed by atoms with van der Waals surface area (Å²) in [5.74, 6) is 1.42. The van der Waals surface area contributed by atoms with Crippen LogP contribution >= 0.6 is 0 Å². The Morgan fingerprint density at radius 1 is 1.25 bits per heavy atom. The fourth-order valence-electron chi connectivity index (χ4n) is 2.62. The third-order valence-corrected chi connectivity index (χ3v) is 3.88. The van der Waals surface area contributed by atoms with Crippen LogP contribution in [0.5, 0.6) is 0 Å². The number of hydrogen-bond donors (Lipinski definition) is 1. The molecule has 1 saturated carbocycles. The Bertz CT molecular complexity index is 344. The van der Waals surface area contributed by atoms with Gasteiger partial charge in [-0.2, -0.15) is 0 Å². The highest BCUT2D eigenvalue weighted by atomic mass is 16.3. The summed E-state index contributed by atoms with van der Waals surface area (Å²) in [7, 11) is 0. The van der Waals surface area contributed by atoms with E-state index in [1.807, 2.05) is 0 Å². The maximum absolute atomic E-state index is 10.4. The lowest BCUT2D eigenvalue weighted by atomic mass is 9.64. The minimum absolute atomic E-state index is 0.426. The number of aliphatic hydroxyl groups is 1. The van der Waals surface area contributed by atoms with E-state index < -0.39 is 5.60 Å². The first-order valence-corrected chi connectivity index (χ1v) is 6.26. The highest BCUT2D eigenvalue weighted by Gasteiger charge is 2.43. The molecule has 0 saturated heterocycles. The molecule has 16 heavy (non-hydrogen) atoms. The topological polar surface area (TPSA) is 20.2 Å².